The minimum atomic E-state index is 0.207. The molecule has 2 heterocycles. The molecule has 3 aromatic rings. The molecule has 5 nitrogen and oxygen atoms in total. The molecule has 6 heteroatoms. The smallest absolute Gasteiger partial charge is 0.236 e. The van der Waals surface area contributed by atoms with Gasteiger partial charge in [-0.05, 0) is 49.7 Å². The van der Waals surface area contributed by atoms with Gasteiger partial charge in [0.25, 0.3) is 0 Å². The molecule has 1 aliphatic rings. The Morgan fingerprint density at radius 2 is 2.00 bits per heavy atom. The lowest BCUT2D eigenvalue weighted by Gasteiger charge is -2.32. The maximum atomic E-state index is 12.8. The normalized spacial score (nSPS) is 15.2. The molecule has 0 radical (unpaired) electrons. The Hall–Kier alpha value is -2.44. The summed E-state index contributed by atoms with van der Waals surface area (Å²) in [6, 6.07) is 16.3. The van der Waals surface area contributed by atoms with E-state index in [-0.39, 0.29) is 5.91 Å². The highest BCUT2D eigenvalue weighted by Crippen LogP contribution is 2.33. The molecule has 4 rings (SSSR count). The second kappa shape index (κ2) is 8.93. The summed E-state index contributed by atoms with van der Waals surface area (Å²) in [5.74, 6) is 1.52. The van der Waals surface area contributed by atoms with Crippen LogP contribution < -0.4 is 4.74 Å². The lowest BCUT2D eigenvalue weighted by Crippen LogP contribution is -2.42. The van der Waals surface area contributed by atoms with Crippen molar-refractivity contribution in [3.05, 3.63) is 59.1 Å². The second-order valence-electron chi connectivity index (χ2n) is 7.70. The third kappa shape index (κ3) is 4.77. The molecule has 0 N–H and O–H groups in total. The molecule has 2 aromatic carbocycles. The van der Waals surface area contributed by atoms with E-state index in [0.29, 0.717) is 12.5 Å². The molecular weight excluding hydrogens is 382 g/mol. The summed E-state index contributed by atoms with van der Waals surface area (Å²) < 4.78 is 6.53. The zero-order valence-electron chi connectivity index (χ0n) is 17.0. The highest BCUT2D eigenvalue weighted by molar-refractivity contribution is 7.18. The second-order valence-corrected chi connectivity index (χ2v) is 8.76. The van der Waals surface area contributed by atoms with E-state index in [1.54, 1.807) is 18.4 Å². The molecule has 0 spiro atoms. The van der Waals surface area contributed by atoms with E-state index in [0.717, 1.165) is 49.3 Å². The van der Waals surface area contributed by atoms with Gasteiger partial charge in [-0.1, -0.05) is 24.3 Å². The van der Waals surface area contributed by atoms with Gasteiger partial charge in [-0.2, -0.15) is 0 Å². The van der Waals surface area contributed by atoms with Crippen LogP contribution in [-0.2, 0) is 11.3 Å². The highest BCUT2D eigenvalue weighted by Gasteiger charge is 2.26. The van der Waals surface area contributed by atoms with E-state index in [4.69, 9.17) is 9.72 Å². The third-order valence-electron chi connectivity index (χ3n) is 5.50. The number of amides is 1. The van der Waals surface area contributed by atoms with Crippen LogP contribution in [0.5, 0.6) is 5.75 Å². The Bertz CT molecular complexity index is 946. The maximum Gasteiger partial charge on any atom is 0.236 e. The van der Waals surface area contributed by atoms with Gasteiger partial charge in [0.1, 0.15) is 5.75 Å². The van der Waals surface area contributed by atoms with Crippen molar-refractivity contribution >= 4 is 27.5 Å². The van der Waals surface area contributed by atoms with Crippen LogP contribution in [0.2, 0.25) is 0 Å². The first-order valence-corrected chi connectivity index (χ1v) is 10.9. The van der Waals surface area contributed by atoms with Gasteiger partial charge in [0, 0.05) is 25.6 Å². The van der Waals surface area contributed by atoms with Crippen molar-refractivity contribution in [2.75, 3.05) is 33.8 Å². The summed E-state index contributed by atoms with van der Waals surface area (Å²) in [6.07, 6.45) is 1.98. The molecule has 1 fully saturated rings. The molecule has 1 amide bonds. The van der Waals surface area contributed by atoms with Gasteiger partial charge < -0.3 is 9.64 Å². The van der Waals surface area contributed by atoms with Gasteiger partial charge in [0.2, 0.25) is 5.91 Å². The zero-order valence-corrected chi connectivity index (χ0v) is 17.8. The van der Waals surface area contributed by atoms with Crippen molar-refractivity contribution in [3.8, 4) is 5.75 Å². The van der Waals surface area contributed by atoms with Gasteiger partial charge in [-0.25, -0.2) is 4.98 Å². The number of para-hydroxylation sites is 1. The number of thiazole rings is 1. The maximum absolute atomic E-state index is 12.8. The number of nitrogens with zero attached hydrogens (tertiary/aromatic N) is 3. The lowest BCUT2D eigenvalue weighted by atomic mass is 9.97. The van der Waals surface area contributed by atoms with Crippen LogP contribution in [0, 0.1) is 0 Å². The first-order valence-electron chi connectivity index (χ1n) is 10.1. The average Bonchev–Trinajstić information content (AvgIpc) is 3.18. The largest absolute Gasteiger partial charge is 0.497 e. The summed E-state index contributed by atoms with van der Waals surface area (Å²) in [4.78, 5) is 21.6. The van der Waals surface area contributed by atoms with Crippen molar-refractivity contribution in [2.24, 2.45) is 0 Å². The molecule has 0 atom stereocenters. The van der Waals surface area contributed by atoms with Gasteiger partial charge in [0.15, 0.2) is 0 Å². The van der Waals surface area contributed by atoms with Gasteiger partial charge in [0.05, 0.1) is 28.9 Å². The third-order valence-corrected chi connectivity index (χ3v) is 6.70. The fourth-order valence-electron chi connectivity index (χ4n) is 3.91. The quantitative estimate of drug-likeness (QED) is 0.614. The molecule has 0 bridgehead atoms. The van der Waals surface area contributed by atoms with Crippen LogP contribution in [0.15, 0.2) is 48.5 Å². The minimum Gasteiger partial charge on any atom is -0.497 e. The first kappa shape index (κ1) is 19.9. The number of carbonyl (C=O) groups excluding carboxylic acids is 1. The Balaban J connectivity index is 1.29. The van der Waals surface area contributed by atoms with Crippen LogP contribution in [0.25, 0.3) is 10.2 Å². The van der Waals surface area contributed by atoms with E-state index in [1.165, 1.54) is 9.71 Å². The average molecular weight is 410 g/mol. The monoisotopic (exact) mass is 409 g/mol. The number of ether oxygens (including phenoxy) is 1. The highest BCUT2D eigenvalue weighted by atomic mass is 32.1. The Morgan fingerprint density at radius 1 is 1.21 bits per heavy atom. The summed E-state index contributed by atoms with van der Waals surface area (Å²) in [5, 5.41) is 1.22. The number of hydrogen-bond acceptors (Lipinski definition) is 5. The van der Waals surface area contributed by atoms with Crippen molar-refractivity contribution < 1.29 is 9.53 Å². The number of piperidine rings is 1. The molecule has 1 saturated heterocycles. The van der Waals surface area contributed by atoms with E-state index in [9.17, 15) is 4.79 Å². The van der Waals surface area contributed by atoms with Crippen LogP contribution in [0.4, 0.5) is 0 Å². The fraction of sp³-hybridized carbons (Fsp3) is 0.391. The minimum absolute atomic E-state index is 0.207. The molecule has 0 aliphatic carbocycles. The van der Waals surface area contributed by atoms with E-state index < -0.39 is 0 Å². The van der Waals surface area contributed by atoms with E-state index in [1.807, 2.05) is 36.2 Å². The van der Waals surface area contributed by atoms with Crippen LogP contribution in [0.3, 0.4) is 0 Å². The summed E-state index contributed by atoms with van der Waals surface area (Å²) in [6.45, 7) is 2.78. The lowest BCUT2D eigenvalue weighted by molar-refractivity contribution is -0.133. The molecule has 152 valence electrons. The molecule has 29 heavy (non-hydrogen) atoms. The van der Waals surface area contributed by atoms with Crippen molar-refractivity contribution in [2.45, 2.75) is 25.3 Å². The number of carbonyl (C=O) groups is 1. The zero-order chi connectivity index (χ0) is 20.2. The van der Waals surface area contributed by atoms with Gasteiger partial charge >= 0.3 is 0 Å². The van der Waals surface area contributed by atoms with Crippen molar-refractivity contribution in [1.82, 2.24) is 14.8 Å². The Morgan fingerprint density at radius 3 is 2.76 bits per heavy atom. The Kier molecular flexibility index (Phi) is 6.11. The summed E-state index contributed by atoms with van der Waals surface area (Å²) >= 11 is 1.80. The van der Waals surface area contributed by atoms with Crippen molar-refractivity contribution in [1.29, 1.82) is 0 Å². The predicted octanol–water partition coefficient (Wildman–Crippen LogP) is 4.14. The fourth-order valence-corrected chi connectivity index (χ4v) is 5.05. The summed E-state index contributed by atoms with van der Waals surface area (Å²) in [5.41, 5.74) is 2.24. The molecule has 0 unspecified atom stereocenters. The van der Waals surface area contributed by atoms with Crippen LogP contribution in [0.1, 0.15) is 29.3 Å². The molecule has 1 aliphatic heterocycles. The molecule has 0 saturated carbocycles. The van der Waals surface area contributed by atoms with E-state index in [2.05, 4.69) is 29.2 Å². The van der Waals surface area contributed by atoms with Gasteiger partial charge in [-0.3, -0.25) is 9.69 Å². The number of aromatic nitrogens is 1. The number of methoxy groups -OCH3 is 1. The molecule has 1 aromatic heterocycles. The summed E-state index contributed by atoms with van der Waals surface area (Å²) in [7, 11) is 3.66. The Labute approximate surface area is 175 Å². The topological polar surface area (TPSA) is 45.7 Å². The first-order chi connectivity index (χ1) is 14.1. The number of fused-ring (bicyclic) bond motifs is 1. The SMILES string of the molecule is COc1cccc(CN(C)CC(=O)N2CCC(c3nc4ccccc4s3)CC2)c1. The number of benzene rings is 2. The van der Waals surface area contributed by atoms with Crippen molar-refractivity contribution in [3.63, 3.8) is 0 Å². The van der Waals surface area contributed by atoms with E-state index >= 15 is 0 Å². The van der Waals surface area contributed by atoms with Crippen LogP contribution in [-0.4, -0.2) is 54.5 Å². The number of rotatable bonds is 6. The number of likely N-dealkylation sites (tertiary alicyclic amines) is 1. The predicted molar refractivity (Wildman–Crippen MR) is 118 cm³/mol. The number of likely N-dealkylation sites (N-methyl/N-ethyl adjacent to an activating group) is 1. The number of hydrogen-bond donors (Lipinski definition) is 0. The molecular formula is C23H27N3O2S. The van der Waals surface area contributed by atoms with Gasteiger partial charge in [-0.15, -0.1) is 11.3 Å². The standard InChI is InChI=1S/C23H27N3O2S/c1-25(15-17-6-5-7-19(14-17)28-2)16-22(27)26-12-10-18(11-13-26)23-24-20-8-3-4-9-21(20)29-23/h3-9,14,18H,10-13,15-16H2,1-2H3. The van der Waals surface area contributed by atoms with Crippen LogP contribution >= 0.6 is 11.3 Å².